The van der Waals surface area contributed by atoms with Gasteiger partial charge in [-0.15, -0.1) is 0 Å². The van der Waals surface area contributed by atoms with Gasteiger partial charge < -0.3 is 20.5 Å². The highest BCUT2D eigenvalue weighted by molar-refractivity contribution is 5.96. The molecule has 2 rings (SSSR count). The van der Waals surface area contributed by atoms with E-state index < -0.39 is 41.5 Å². The Morgan fingerprint density at radius 2 is 1.77 bits per heavy atom. The third kappa shape index (κ3) is 7.11. The number of nitro benzene ring substituents is 1. The number of nitrogens with zero attached hydrogens (tertiary/aromatic N) is 1. The molecule has 0 bridgehead atoms. The molecule has 2 aromatic carbocycles. The minimum Gasteiger partial charge on any atom is -0.494 e. The summed E-state index contributed by atoms with van der Waals surface area (Å²) in [5.41, 5.74) is 5.12. The second-order valence-electron chi connectivity index (χ2n) is 6.53. The van der Waals surface area contributed by atoms with Crippen molar-refractivity contribution in [2.45, 2.75) is 26.4 Å². The summed E-state index contributed by atoms with van der Waals surface area (Å²) < 4.78 is 10.5. The fourth-order valence-electron chi connectivity index (χ4n) is 2.51. The van der Waals surface area contributed by atoms with Gasteiger partial charge in [0.25, 0.3) is 11.6 Å². The Hall–Kier alpha value is -3.95. The van der Waals surface area contributed by atoms with Crippen molar-refractivity contribution >= 4 is 23.5 Å². The van der Waals surface area contributed by atoms with Gasteiger partial charge in [0.05, 0.1) is 17.1 Å². The van der Waals surface area contributed by atoms with Crippen molar-refractivity contribution in [3.05, 3.63) is 69.3 Å². The molecule has 0 atom stereocenters. The van der Waals surface area contributed by atoms with Crippen LogP contribution in [0.1, 0.15) is 46.0 Å². The van der Waals surface area contributed by atoms with E-state index in [4.69, 9.17) is 15.2 Å². The van der Waals surface area contributed by atoms with Crippen LogP contribution in [0.4, 0.5) is 5.69 Å². The molecule has 31 heavy (non-hydrogen) atoms. The van der Waals surface area contributed by atoms with Gasteiger partial charge in [-0.2, -0.15) is 0 Å². The predicted octanol–water partition coefficient (Wildman–Crippen LogP) is 2.35. The lowest BCUT2D eigenvalue weighted by Gasteiger charge is -2.09. The van der Waals surface area contributed by atoms with Gasteiger partial charge >= 0.3 is 5.97 Å². The molecule has 0 aliphatic rings. The number of esters is 1. The van der Waals surface area contributed by atoms with Gasteiger partial charge in [-0.05, 0) is 42.8 Å². The average molecular weight is 429 g/mol. The number of hydrogen-bond acceptors (Lipinski definition) is 7. The molecule has 0 fully saturated rings. The van der Waals surface area contributed by atoms with E-state index in [1.165, 1.54) is 12.1 Å². The van der Waals surface area contributed by atoms with Gasteiger partial charge in [0, 0.05) is 17.2 Å². The molecule has 0 aliphatic carbocycles. The van der Waals surface area contributed by atoms with Gasteiger partial charge in [-0.25, -0.2) is 0 Å². The molecule has 0 spiro atoms. The van der Waals surface area contributed by atoms with Crippen LogP contribution in [0.2, 0.25) is 0 Å². The second-order valence-corrected chi connectivity index (χ2v) is 6.53. The number of benzene rings is 2. The minimum atomic E-state index is -0.810. The van der Waals surface area contributed by atoms with Gasteiger partial charge in [0.2, 0.25) is 5.91 Å². The molecule has 3 N–H and O–H groups in total. The standard InChI is InChI=1S/C21H23N3O7/c1-2-3-10-30-17-8-6-14(7-9-17)21(27)23-12-19(25)31-13-16-5-4-15(20(22)26)11-18(16)24(28)29/h4-9,11H,2-3,10,12-13H2,1H3,(H2,22,26)(H,23,27). The SMILES string of the molecule is CCCCOc1ccc(C(=O)NCC(=O)OCc2ccc(C(N)=O)cc2[N+](=O)[O-])cc1. The predicted molar refractivity (Wildman–Crippen MR) is 111 cm³/mol. The first-order chi connectivity index (χ1) is 14.8. The summed E-state index contributed by atoms with van der Waals surface area (Å²) in [5, 5.41) is 13.6. The van der Waals surface area contributed by atoms with E-state index in [9.17, 15) is 24.5 Å². The molecular weight excluding hydrogens is 406 g/mol. The minimum absolute atomic E-state index is 0.0316. The molecule has 0 unspecified atom stereocenters. The molecular formula is C21H23N3O7. The van der Waals surface area contributed by atoms with Crippen molar-refractivity contribution in [3.63, 3.8) is 0 Å². The molecule has 2 aromatic rings. The van der Waals surface area contributed by atoms with Crippen LogP contribution in [-0.2, 0) is 16.1 Å². The smallest absolute Gasteiger partial charge is 0.325 e. The maximum atomic E-state index is 12.1. The summed E-state index contributed by atoms with van der Waals surface area (Å²) in [5.74, 6) is -1.42. The molecule has 0 saturated carbocycles. The summed E-state index contributed by atoms with van der Waals surface area (Å²) >= 11 is 0. The normalized spacial score (nSPS) is 10.2. The topological polar surface area (TPSA) is 151 Å². The van der Waals surface area contributed by atoms with Crippen LogP contribution in [0.3, 0.4) is 0 Å². The summed E-state index contributed by atoms with van der Waals surface area (Å²) in [6.45, 7) is 1.84. The Kier molecular flexibility index (Phi) is 8.50. The number of carbonyl (C=O) groups is 3. The van der Waals surface area contributed by atoms with Crippen molar-refractivity contribution in [3.8, 4) is 5.75 Å². The number of carbonyl (C=O) groups excluding carboxylic acids is 3. The van der Waals surface area contributed by atoms with Crippen molar-refractivity contribution in [1.29, 1.82) is 0 Å². The lowest BCUT2D eigenvalue weighted by atomic mass is 10.1. The number of unbranched alkanes of at least 4 members (excludes halogenated alkanes) is 1. The van der Waals surface area contributed by atoms with Gasteiger partial charge in [-0.1, -0.05) is 13.3 Å². The third-order valence-corrected chi connectivity index (χ3v) is 4.23. The number of primary amides is 1. The molecule has 2 amide bonds. The summed E-state index contributed by atoms with van der Waals surface area (Å²) in [6, 6.07) is 10.1. The maximum absolute atomic E-state index is 12.1. The zero-order valence-electron chi connectivity index (χ0n) is 17.0. The number of nitrogens with one attached hydrogen (secondary N) is 1. The highest BCUT2D eigenvalue weighted by Gasteiger charge is 2.18. The highest BCUT2D eigenvalue weighted by Crippen LogP contribution is 2.21. The van der Waals surface area contributed by atoms with E-state index in [1.807, 2.05) is 0 Å². The van der Waals surface area contributed by atoms with E-state index >= 15 is 0 Å². The Bertz CT molecular complexity index is 958. The third-order valence-electron chi connectivity index (χ3n) is 4.23. The first-order valence-electron chi connectivity index (χ1n) is 9.55. The summed E-state index contributed by atoms with van der Waals surface area (Å²) in [6.07, 6.45) is 1.95. The second kappa shape index (κ2) is 11.3. The Labute approximate surface area is 178 Å². The van der Waals surface area contributed by atoms with E-state index in [1.54, 1.807) is 24.3 Å². The Morgan fingerprint density at radius 1 is 1.10 bits per heavy atom. The molecule has 10 nitrogen and oxygen atoms in total. The van der Waals surface area contributed by atoms with Crippen LogP contribution in [0.25, 0.3) is 0 Å². The molecule has 0 aliphatic heterocycles. The lowest BCUT2D eigenvalue weighted by Crippen LogP contribution is -2.30. The molecule has 10 heteroatoms. The number of amides is 2. The van der Waals surface area contributed by atoms with Gasteiger partial charge in [0.1, 0.15) is 18.9 Å². The maximum Gasteiger partial charge on any atom is 0.325 e. The fourth-order valence-corrected chi connectivity index (χ4v) is 2.51. The van der Waals surface area contributed by atoms with E-state index in [-0.39, 0.29) is 11.1 Å². The van der Waals surface area contributed by atoms with Gasteiger partial charge in [-0.3, -0.25) is 24.5 Å². The zero-order valence-corrected chi connectivity index (χ0v) is 17.0. The molecule has 0 heterocycles. The molecule has 164 valence electrons. The number of nitrogens with two attached hydrogens (primary N) is 1. The number of nitro groups is 1. The van der Waals surface area contributed by atoms with E-state index in [0.717, 1.165) is 18.9 Å². The Balaban J connectivity index is 1.86. The average Bonchev–Trinajstić information content (AvgIpc) is 2.76. The number of hydrogen-bond donors (Lipinski definition) is 2. The van der Waals surface area contributed by atoms with E-state index in [0.29, 0.717) is 17.9 Å². The lowest BCUT2D eigenvalue weighted by molar-refractivity contribution is -0.385. The highest BCUT2D eigenvalue weighted by atomic mass is 16.6. The van der Waals surface area contributed by atoms with Crippen LogP contribution >= 0.6 is 0 Å². The van der Waals surface area contributed by atoms with Crippen molar-refractivity contribution in [1.82, 2.24) is 5.32 Å². The van der Waals surface area contributed by atoms with Crippen molar-refractivity contribution in [2.24, 2.45) is 5.73 Å². The fraction of sp³-hybridized carbons (Fsp3) is 0.286. The van der Waals surface area contributed by atoms with Crippen LogP contribution in [-0.4, -0.2) is 35.9 Å². The van der Waals surface area contributed by atoms with Crippen LogP contribution in [0, 0.1) is 10.1 Å². The largest absolute Gasteiger partial charge is 0.494 e. The van der Waals surface area contributed by atoms with E-state index in [2.05, 4.69) is 12.2 Å². The summed E-state index contributed by atoms with van der Waals surface area (Å²) in [7, 11) is 0. The van der Waals surface area contributed by atoms with Crippen LogP contribution in [0.5, 0.6) is 5.75 Å². The first kappa shape index (κ1) is 23.3. The molecule has 0 aromatic heterocycles. The van der Waals surface area contributed by atoms with Crippen molar-refractivity contribution < 1.29 is 28.8 Å². The molecule has 0 radical (unpaired) electrons. The molecule has 0 saturated heterocycles. The quantitative estimate of drug-likeness (QED) is 0.241. The van der Waals surface area contributed by atoms with Gasteiger partial charge in [0.15, 0.2) is 0 Å². The first-order valence-corrected chi connectivity index (χ1v) is 9.55. The number of rotatable bonds is 11. The monoisotopic (exact) mass is 429 g/mol. The zero-order chi connectivity index (χ0) is 22.8. The summed E-state index contributed by atoms with van der Waals surface area (Å²) in [4.78, 5) is 45.7. The van der Waals surface area contributed by atoms with Crippen LogP contribution < -0.4 is 15.8 Å². The van der Waals surface area contributed by atoms with Crippen LogP contribution in [0.15, 0.2) is 42.5 Å². The Morgan fingerprint density at radius 3 is 2.39 bits per heavy atom. The van der Waals surface area contributed by atoms with Crippen molar-refractivity contribution in [2.75, 3.05) is 13.2 Å². The number of ether oxygens (including phenoxy) is 2.